The number of ketones is 2. The van der Waals surface area contributed by atoms with E-state index in [0.29, 0.717) is 24.5 Å². The van der Waals surface area contributed by atoms with E-state index in [0.717, 1.165) is 68.1 Å². The lowest BCUT2D eigenvalue weighted by Crippen LogP contribution is -2.46. The number of rotatable bonds is 6. The number of carbonyl (C=O) groups is 2. The van der Waals surface area contributed by atoms with Crippen LogP contribution in [0, 0.1) is 5.92 Å². The highest BCUT2D eigenvalue weighted by Crippen LogP contribution is 2.37. The fraction of sp³-hybridized carbons (Fsp3) is 0.462. The summed E-state index contributed by atoms with van der Waals surface area (Å²) < 4.78 is 0. The molecular formula is C26H30N4O2. The summed E-state index contributed by atoms with van der Waals surface area (Å²) in [5, 5.41) is 0. The predicted octanol–water partition coefficient (Wildman–Crippen LogP) is 3.70. The van der Waals surface area contributed by atoms with Crippen molar-refractivity contribution >= 4 is 23.3 Å². The lowest BCUT2D eigenvalue weighted by atomic mass is 9.75. The van der Waals surface area contributed by atoms with Crippen LogP contribution < -0.4 is 4.90 Å². The summed E-state index contributed by atoms with van der Waals surface area (Å²) in [6, 6.07) is 6.01. The Morgan fingerprint density at radius 2 is 1.91 bits per heavy atom. The minimum absolute atomic E-state index is 0.0801. The lowest BCUT2D eigenvalue weighted by molar-refractivity contribution is -0.115. The molecule has 0 atom stereocenters. The van der Waals surface area contributed by atoms with Crippen molar-refractivity contribution in [2.75, 3.05) is 31.1 Å². The molecule has 1 saturated heterocycles. The number of anilines is 1. The Kier molecular flexibility index (Phi) is 5.87. The number of carbonyl (C=O) groups excluding carboxylic acids is 2. The normalized spacial score (nSPS) is 19.3. The monoisotopic (exact) mass is 430 g/mol. The average Bonchev–Trinajstić information content (AvgIpc) is 2.78. The van der Waals surface area contributed by atoms with Crippen molar-refractivity contribution in [3.8, 4) is 0 Å². The molecule has 0 unspecified atom stereocenters. The van der Waals surface area contributed by atoms with E-state index in [2.05, 4.69) is 20.9 Å². The van der Waals surface area contributed by atoms with Gasteiger partial charge in [-0.15, -0.1) is 0 Å². The van der Waals surface area contributed by atoms with Crippen LogP contribution in [0.15, 0.2) is 36.2 Å². The summed E-state index contributed by atoms with van der Waals surface area (Å²) in [5.74, 6) is 0.832. The molecule has 2 fully saturated rings. The molecule has 5 rings (SSSR count). The van der Waals surface area contributed by atoms with Crippen molar-refractivity contribution in [2.24, 2.45) is 5.92 Å². The summed E-state index contributed by atoms with van der Waals surface area (Å²) >= 11 is 0. The van der Waals surface area contributed by atoms with Gasteiger partial charge in [0.25, 0.3) is 0 Å². The van der Waals surface area contributed by atoms with Crippen molar-refractivity contribution in [1.82, 2.24) is 14.9 Å². The zero-order valence-electron chi connectivity index (χ0n) is 18.7. The third-order valence-electron chi connectivity index (χ3n) is 7.07. The van der Waals surface area contributed by atoms with Crippen molar-refractivity contribution in [1.29, 1.82) is 0 Å². The molecule has 6 heteroatoms. The molecule has 0 N–H and O–H groups in total. The summed E-state index contributed by atoms with van der Waals surface area (Å²) in [7, 11) is 0. The Morgan fingerprint density at radius 1 is 1.09 bits per heavy atom. The summed E-state index contributed by atoms with van der Waals surface area (Å²) in [4.78, 5) is 38.2. The van der Waals surface area contributed by atoms with E-state index >= 15 is 0 Å². The highest BCUT2D eigenvalue weighted by atomic mass is 16.1. The van der Waals surface area contributed by atoms with Crippen LogP contribution in [0.1, 0.15) is 59.9 Å². The van der Waals surface area contributed by atoms with Crippen LogP contribution in [-0.2, 0) is 17.8 Å². The van der Waals surface area contributed by atoms with Gasteiger partial charge >= 0.3 is 0 Å². The van der Waals surface area contributed by atoms with Gasteiger partial charge in [0.2, 0.25) is 0 Å². The SMILES string of the molecule is CCC(=O)c1ccc(N2CCN(Cc3cnc4c(c3)CC(=O)C(C3CCC3)=C4)CC2)cn1. The molecule has 2 aliphatic carbocycles. The standard InChI is InChI=1S/C26H30N4O2/c1-2-25(31)23-7-6-21(16-28-23)30-10-8-29(9-11-30)17-18-12-20-13-26(32)22(19-4-3-5-19)14-24(20)27-15-18/h6-7,12,14-16,19H,2-5,8-11,13,17H2,1H3. The predicted molar refractivity (Wildman–Crippen MR) is 125 cm³/mol. The van der Waals surface area contributed by atoms with Crippen molar-refractivity contribution in [3.05, 3.63) is 58.7 Å². The average molecular weight is 431 g/mol. The Balaban J connectivity index is 1.19. The Hall–Kier alpha value is -2.86. The van der Waals surface area contributed by atoms with E-state index in [1.54, 1.807) is 0 Å². The van der Waals surface area contributed by atoms with E-state index in [1.165, 1.54) is 12.0 Å². The number of hydrogen-bond donors (Lipinski definition) is 0. The maximum absolute atomic E-state index is 12.6. The van der Waals surface area contributed by atoms with Crippen LogP contribution in [0.5, 0.6) is 0 Å². The van der Waals surface area contributed by atoms with E-state index < -0.39 is 0 Å². The molecule has 0 amide bonds. The number of pyridine rings is 2. The van der Waals surface area contributed by atoms with Gasteiger partial charge in [-0.1, -0.05) is 19.4 Å². The van der Waals surface area contributed by atoms with Gasteiger partial charge in [0.1, 0.15) is 5.69 Å². The first-order valence-corrected chi connectivity index (χ1v) is 11.8. The molecule has 0 aromatic carbocycles. The molecule has 0 spiro atoms. The molecular weight excluding hydrogens is 400 g/mol. The van der Waals surface area contributed by atoms with E-state index in [1.807, 2.05) is 37.5 Å². The van der Waals surface area contributed by atoms with Crippen LogP contribution in [0.2, 0.25) is 0 Å². The molecule has 3 aliphatic rings. The van der Waals surface area contributed by atoms with Gasteiger partial charge in [-0.05, 0) is 48.1 Å². The molecule has 6 nitrogen and oxygen atoms in total. The van der Waals surface area contributed by atoms with Crippen molar-refractivity contribution < 1.29 is 9.59 Å². The number of allylic oxidation sites excluding steroid dienone is 1. The third-order valence-corrected chi connectivity index (χ3v) is 7.07. The Morgan fingerprint density at radius 3 is 2.56 bits per heavy atom. The number of fused-ring (bicyclic) bond motifs is 1. The quantitative estimate of drug-likeness (QED) is 0.651. The maximum atomic E-state index is 12.6. The molecule has 3 heterocycles. The lowest BCUT2D eigenvalue weighted by Gasteiger charge is -2.36. The smallest absolute Gasteiger partial charge is 0.180 e. The van der Waals surface area contributed by atoms with Crippen LogP contribution in [-0.4, -0.2) is 52.6 Å². The van der Waals surface area contributed by atoms with Crippen LogP contribution in [0.25, 0.3) is 6.08 Å². The summed E-state index contributed by atoms with van der Waals surface area (Å²) in [6.45, 7) is 6.47. The molecule has 1 aliphatic heterocycles. The topological polar surface area (TPSA) is 66.4 Å². The van der Waals surface area contributed by atoms with E-state index in [4.69, 9.17) is 4.98 Å². The van der Waals surface area contributed by atoms with Crippen molar-refractivity contribution in [2.45, 2.75) is 45.6 Å². The molecule has 0 radical (unpaired) electrons. The second kappa shape index (κ2) is 8.94. The van der Waals surface area contributed by atoms with Gasteiger partial charge in [-0.25, -0.2) is 0 Å². The first-order chi connectivity index (χ1) is 15.6. The van der Waals surface area contributed by atoms with E-state index in [9.17, 15) is 9.59 Å². The second-order valence-corrected chi connectivity index (χ2v) is 9.16. The Bertz CT molecular complexity index is 1050. The molecule has 0 bridgehead atoms. The minimum atomic E-state index is 0.0801. The molecule has 2 aromatic heterocycles. The number of aromatic nitrogens is 2. The fourth-order valence-electron chi connectivity index (χ4n) is 4.84. The number of Topliss-reactive ketones (excluding diaryl/α,β-unsaturated/α-hetero) is 2. The first-order valence-electron chi connectivity index (χ1n) is 11.8. The molecule has 1 saturated carbocycles. The van der Waals surface area contributed by atoms with Gasteiger partial charge in [-0.3, -0.25) is 24.5 Å². The van der Waals surface area contributed by atoms with Crippen LogP contribution in [0.4, 0.5) is 5.69 Å². The molecule has 166 valence electrons. The first kappa shape index (κ1) is 21.0. The van der Waals surface area contributed by atoms with Crippen LogP contribution >= 0.6 is 0 Å². The minimum Gasteiger partial charge on any atom is -0.368 e. The van der Waals surface area contributed by atoms with Gasteiger partial charge < -0.3 is 4.90 Å². The maximum Gasteiger partial charge on any atom is 0.180 e. The van der Waals surface area contributed by atoms with E-state index in [-0.39, 0.29) is 11.6 Å². The largest absolute Gasteiger partial charge is 0.368 e. The van der Waals surface area contributed by atoms with Gasteiger partial charge in [0, 0.05) is 57.3 Å². The van der Waals surface area contributed by atoms with Gasteiger partial charge in [0.05, 0.1) is 17.6 Å². The molecule has 2 aromatic rings. The summed E-state index contributed by atoms with van der Waals surface area (Å²) in [6.07, 6.45) is 10.3. The van der Waals surface area contributed by atoms with Gasteiger partial charge in [-0.2, -0.15) is 0 Å². The number of hydrogen-bond acceptors (Lipinski definition) is 6. The number of nitrogens with zero attached hydrogens (tertiary/aromatic N) is 4. The highest BCUT2D eigenvalue weighted by Gasteiger charge is 2.30. The zero-order valence-corrected chi connectivity index (χ0v) is 18.7. The van der Waals surface area contributed by atoms with Crippen LogP contribution in [0.3, 0.4) is 0 Å². The molecule has 32 heavy (non-hydrogen) atoms. The number of piperazine rings is 1. The second-order valence-electron chi connectivity index (χ2n) is 9.16. The van der Waals surface area contributed by atoms with Gasteiger partial charge in [0.15, 0.2) is 11.6 Å². The zero-order chi connectivity index (χ0) is 22.1. The van der Waals surface area contributed by atoms with Crippen molar-refractivity contribution in [3.63, 3.8) is 0 Å². The Labute approximate surface area is 189 Å². The summed E-state index contributed by atoms with van der Waals surface area (Å²) in [5.41, 5.74) is 5.85. The highest BCUT2D eigenvalue weighted by molar-refractivity contribution is 6.03. The fourth-order valence-corrected chi connectivity index (χ4v) is 4.84. The third kappa shape index (κ3) is 4.24.